The van der Waals surface area contributed by atoms with Gasteiger partial charge < -0.3 is 10.1 Å². The van der Waals surface area contributed by atoms with Gasteiger partial charge in [0.05, 0.1) is 19.9 Å². The predicted octanol–water partition coefficient (Wildman–Crippen LogP) is 3.17. The summed E-state index contributed by atoms with van der Waals surface area (Å²) in [6.07, 6.45) is 1.59. The fourth-order valence-electron chi connectivity index (χ4n) is 1.91. The smallest absolute Gasteiger partial charge is 0.259 e. The largest absolute Gasteiger partial charge is 0.497 e. The summed E-state index contributed by atoms with van der Waals surface area (Å²) in [5.41, 5.74) is 5.43. The summed E-state index contributed by atoms with van der Waals surface area (Å²) in [5, 5.41) is 7.04. The Kier molecular flexibility index (Phi) is 6.40. The van der Waals surface area contributed by atoms with E-state index in [0.717, 1.165) is 22.6 Å². The maximum Gasteiger partial charge on any atom is 0.259 e. The molecule has 1 amide bonds. The molecule has 0 bridgehead atoms. The molecule has 0 aliphatic carbocycles. The summed E-state index contributed by atoms with van der Waals surface area (Å²) in [4.78, 5) is 11.8. The molecular weight excluding hydrogens is 405 g/mol. The van der Waals surface area contributed by atoms with E-state index in [-0.39, 0.29) is 12.5 Å². The summed E-state index contributed by atoms with van der Waals surface area (Å²) in [7, 11) is 1.62. The zero-order chi connectivity index (χ0) is 16.7. The number of hydrogen-bond acceptors (Lipinski definition) is 4. The molecule has 0 unspecified atom stereocenters. The third-order valence-electron chi connectivity index (χ3n) is 3.15. The van der Waals surface area contributed by atoms with Crippen LogP contribution in [0.25, 0.3) is 0 Å². The van der Waals surface area contributed by atoms with Crippen molar-refractivity contribution < 1.29 is 9.53 Å². The first-order valence-corrected chi connectivity index (χ1v) is 8.12. The number of rotatable bonds is 6. The van der Waals surface area contributed by atoms with Crippen LogP contribution in [-0.2, 0) is 4.79 Å². The van der Waals surface area contributed by atoms with Crippen LogP contribution in [-0.4, -0.2) is 25.8 Å². The number of anilines is 1. The van der Waals surface area contributed by atoms with E-state index < -0.39 is 0 Å². The van der Waals surface area contributed by atoms with Gasteiger partial charge in [-0.2, -0.15) is 5.10 Å². The minimum absolute atomic E-state index is 0.168. The summed E-state index contributed by atoms with van der Waals surface area (Å²) in [5.74, 6) is 0.580. The monoisotopic (exact) mass is 423 g/mol. The van der Waals surface area contributed by atoms with E-state index in [2.05, 4.69) is 44.5 Å². The van der Waals surface area contributed by atoms with Crippen LogP contribution in [0.2, 0.25) is 0 Å². The van der Waals surface area contributed by atoms with Gasteiger partial charge in [0.2, 0.25) is 0 Å². The van der Waals surface area contributed by atoms with Gasteiger partial charge in [-0.15, -0.1) is 0 Å². The number of carbonyl (C=O) groups is 1. The fourth-order valence-corrected chi connectivity index (χ4v) is 2.56. The molecule has 6 heteroatoms. The minimum Gasteiger partial charge on any atom is -0.497 e. The van der Waals surface area contributed by atoms with Crippen LogP contribution >= 0.6 is 22.6 Å². The molecule has 2 aromatic rings. The average molecular weight is 423 g/mol. The Balaban J connectivity index is 1.81. The van der Waals surface area contributed by atoms with Crippen LogP contribution < -0.4 is 15.5 Å². The predicted molar refractivity (Wildman–Crippen MR) is 101 cm³/mol. The third kappa shape index (κ3) is 5.55. The number of methoxy groups -OCH3 is 1. The van der Waals surface area contributed by atoms with Gasteiger partial charge in [-0.25, -0.2) is 5.43 Å². The van der Waals surface area contributed by atoms with Gasteiger partial charge in [-0.1, -0.05) is 0 Å². The van der Waals surface area contributed by atoms with Crippen LogP contribution in [0.15, 0.2) is 47.6 Å². The second kappa shape index (κ2) is 8.52. The highest BCUT2D eigenvalue weighted by Crippen LogP contribution is 2.17. The molecule has 2 rings (SSSR count). The molecule has 0 atom stereocenters. The molecule has 5 nitrogen and oxygen atoms in total. The SMILES string of the molecule is COc1ccc(C=NNC(=O)CNc2ccc(I)cc2C)cc1. The molecule has 0 spiro atoms. The number of benzene rings is 2. The van der Waals surface area contributed by atoms with Gasteiger partial charge >= 0.3 is 0 Å². The van der Waals surface area contributed by atoms with Crippen molar-refractivity contribution in [3.8, 4) is 5.75 Å². The highest BCUT2D eigenvalue weighted by Gasteiger charge is 2.02. The standard InChI is InChI=1S/C17H18IN3O2/c1-12-9-14(18)5-8-16(12)19-11-17(22)21-20-10-13-3-6-15(23-2)7-4-13/h3-10,19H,11H2,1-2H3,(H,21,22). The summed E-state index contributed by atoms with van der Waals surface area (Å²) < 4.78 is 6.25. The first-order chi connectivity index (χ1) is 11.1. The fraction of sp³-hybridized carbons (Fsp3) is 0.176. The number of amides is 1. The van der Waals surface area contributed by atoms with Crippen LogP contribution in [0.1, 0.15) is 11.1 Å². The number of carbonyl (C=O) groups excluding carboxylic acids is 1. The lowest BCUT2D eigenvalue weighted by atomic mass is 10.2. The van der Waals surface area contributed by atoms with E-state index in [1.165, 1.54) is 3.57 Å². The minimum atomic E-state index is -0.201. The number of halogens is 1. The highest BCUT2D eigenvalue weighted by molar-refractivity contribution is 14.1. The van der Waals surface area contributed by atoms with Crippen molar-refractivity contribution in [3.63, 3.8) is 0 Å². The van der Waals surface area contributed by atoms with Crippen molar-refractivity contribution in [3.05, 3.63) is 57.2 Å². The summed E-state index contributed by atoms with van der Waals surface area (Å²) in [6.45, 7) is 2.17. The Morgan fingerprint density at radius 2 is 2.00 bits per heavy atom. The third-order valence-corrected chi connectivity index (χ3v) is 3.82. The van der Waals surface area contributed by atoms with Crippen molar-refractivity contribution in [2.45, 2.75) is 6.92 Å². The molecule has 0 radical (unpaired) electrons. The Labute approximate surface area is 149 Å². The molecule has 23 heavy (non-hydrogen) atoms. The number of ether oxygens (including phenoxy) is 1. The van der Waals surface area contributed by atoms with Crippen molar-refractivity contribution >= 4 is 40.4 Å². The molecule has 0 saturated carbocycles. The lowest BCUT2D eigenvalue weighted by molar-refractivity contribution is -0.119. The van der Waals surface area contributed by atoms with Crippen molar-refractivity contribution in [1.29, 1.82) is 0 Å². The van der Waals surface area contributed by atoms with Crippen molar-refractivity contribution in [2.75, 3.05) is 19.0 Å². The van der Waals surface area contributed by atoms with Gasteiger partial charge in [0.15, 0.2) is 0 Å². The number of hydrogen-bond donors (Lipinski definition) is 2. The average Bonchev–Trinajstić information content (AvgIpc) is 2.54. The first-order valence-electron chi connectivity index (χ1n) is 7.04. The van der Waals surface area contributed by atoms with E-state index in [0.29, 0.717) is 0 Å². The van der Waals surface area contributed by atoms with Crippen molar-refractivity contribution in [2.24, 2.45) is 5.10 Å². The number of nitrogens with one attached hydrogen (secondary N) is 2. The second-order valence-corrected chi connectivity index (χ2v) is 6.12. The molecule has 0 heterocycles. The summed E-state index contributed by atoms with van der Waals surface area (Å²) >= 11 is 2.26. The van der Waals surface area contributed by atoms with Crippen molar-refractivity contribution in [1.82, 2.24) is 5.43 Å². The molecule has 0 aliphatic rings. The normalized spacial score (nSPS) is 10.6. The summed E-state index contributed by atoms with van der Waals surface area (Å²) in [6, 6.07) is 13.4. The zero-order valence-electron chi connectivity index (χ0n) is 13.0. The first kappa shape index (κ1) is 17.3. The molecular formula is C17H18IN3O2. The van der Waals surface area contributed by atoms with Gasteiger partial charge in [-0.05, 0) is 83.1 Å². The Morgan fingerprint density at radius 1 is 1.26 bits per heavy atom. The van der Waals surface area contributed by atoms with E-state index in [9.17, 15) is 4.79 Å². The second-order valence-electron chi connectivity index (χ2n) is 4.88. The topological polar surface area (TPSA) is 62.7 Å². The maximum atomic E-state index is 11.8. The highest BCUT2D eigenvalue weighted by atomic mass is 127. The molecule has 120 valence electrons. The van der Waals surface area contributed by atoms with Gasteiger partial charge in [-0.3, -0.25) is 4.79 Å². The number of aryl methyl sites for hydroxylation is 1. The van der Waals surface area contributed by atoms with Gasteiger partial charge in [0.25, 0.3) is 5.91 Å². The molecule has 2 N–H and O–H groups in total. The molecule has 0 fully saturated rings. The Bertz CT molecular complexity index is 699. The van der Waals surface area contributed by atoms with Crippen LogP contribution in [0, 0.1) is 10.5 Å². The number of hydrazone groups is 1. The maximum absolute atomic E-state index is 11.8. The molecule has 0 aromatic heterocycles. The lowest BCUT2D eigenvalue weighted by Crippen LogP contribution is -2.26. The lowest BCUT2D eigenvalue weighted by Gasteiger charge is -2.08. The zero-order valence-corrected chi connectivity index (χ0v) is 15.1. The van der Waals surface area contributed by atoms with Crippen LogP contribution in [0.5, 0.6) is 5.75 Å². The molecule has 2 aromatic carbocycles. The van der Waals surface area contributed by atoms with Gasteiger partial charge in [0, 0.05) is 9.26 Å². The number of nitrogens with zero attached hydrogens (tertiary/aromatic N) is 1. The van der Waals surface area contributed by atoms with E-state index in [4.69, 9.17) is 4.74 Å². The van der Waals surface area contributed by atoms with E-state index in [1.807, 2.05) is 43.3 Å². The van der Waals surface area contributed by atoms with Crippen LogP contribution in [0.4, 0.5) is 5.69 Å². The molecule has 0 aliphatic heterocycles. The van der Waals surface area contributed by atoms with E-state index in [1.54, 1.807) is 13.3 Å². The van der Waals surface area contributed by atoms with Gasteiger partial charge in [0.1, 0.15) is 5.75 Å². The Morgan fingerprint density at radius 3 is 2.65 bits per heavy atom. The van der Waals surface area contributed by atoms with Crippen LogP contribution in [0.3, 0.4) is 0 Å². The van der Waals surface area contributed by atoms with E-state index >= 15 is 0 Å². The Hall–Kier alpha value is -2.09. The molecule has 0 saturated heterocycles. The quantitative estimate of drug-likeness (QED) is 0.426.